The monoisotopic (exact) mass is 336 g/mol. The van der Waals surface area contributed by atoms with Gasteiger partial charge in [-0.1, -0.05) is 18.2 Å². The van der Waals surface area contributed by atoms with Gasteiger partial charge in [0, 0.05) is 18.9 Å². The molecule has 3 rings (SSSR count). The van der Waals surface area contributed by atoms with Crippen molar-refractivity contribution in [1.29, 1.82) is 0 Å². The molecule has 0 spiro atoms. The number of rotatable bonds is 6. The normalized spacial score (nSPS) is 11.8. The van der Waals surface area contributed by atoms with E-state index in [-0.39, 0.29) is 12.1 Å². The maximum atomic E-state index is 13.1. The fraction of sp³-hybridized carbons (Fsp3) is 0.235. The largest absolute Gasteiger partial charge is 0.463 e. The molecule has 2 N–H and O–H groups in total. The molecule has 0 aliphatic rings. The number of halogens is 3. The lowest BCUT2D eigenvalue weighted by Gasteiger charge is -2.14. The molecule has 2 aromatic heterocycles. The summed E-state index contributed by atoms with van der Waals surface area (Å²) >= 11 is 0. The quantitative estimate of drug-likeness (QED) is 0.752. The van der Waals surface area contributed by atoms with E-state index in [0.29, 0.717) is 13.1 Å². The third-order valence-corrected chi connectivity index (χ3v) is 3.72. The average molecular weight is 336 g/mol. The van der Waals surface area contributed by atoms with Crippen LogP contribution in [0.2, 0.25) is 0 Å². The number of furan rings is 1. The van der Waals surface area contributed by atoms with E-state index in [0.717, 1.165) is 17.7 Å². The fourth-order valence-electron chi connectivity index (χ4n) is 2.56. The summed E-state index contributed by atoms with van der Waals surface area (Å²) in [6, 6.07) is 9.32. The first-order chi connectivity index (χ1) is 11.5. The molecule has 3 aromatic rings. The van der Waals surface area contributed by atoms with Crippen LogP contribution in [0.1, 0.15) is 22.7 Å². The SMILES string of the molecule is FC(F)(F)c1ccccc1Cn1ccnc1C[NH2+]Cc1ccco1. The predicted molar refractivity (Wildman–Crippen MR) is 80.8 cm³/mol. The number of imidazole rings is 1. The van der Waals surface area contributed by atoms with Crippen LogP contribution in [0.15, 0.2) is 59.5 Å². The highest BCUT2D eigenvalue weighted by Crippen LogP contribution is 2.32. The number of nitrogens with two attached hydrogens (primary N) is 1. The van der Waals surface area contributed by atoms with Crippen LogP contribution in [0, 0.1) is 0 Å². The molecule has 126 valence electrons. The topological polar surface area (TPSA) is 47.6 Å². The lowest BCUT2D eigenvalue weighted by atomic mass is 10.1. The van der Waals surface area contributed by atoms with Crippen LogP contribution in [-0.4, -0.2) is 9.55 Å². The summed E-state index contributed by atoms with van der Waals surface area (Å²) in [6.07, 6.45) is 0.552. The highest BCUT2D eigenvalue weighted by Gasteiger charge is 2.32. The summed E-state index contributed by atoms with van der Waals surface area (Å²) in [5.74, 6) is 1.56. The van der Waals surface area contributed by atoms with Crippen molar-refractivity contribution in [3.63, 3.8) is 0 Å². The summed E-state index contributed by atoms with van der Waals surface area (Å²) in [7, 11) is 0. The van der Waals surface area contributed by atoms with Crippen molar-refractivity contribution < 1.29 is 22.9 Å². The van der Waals surface area contributed by atoms with Crippen LogP contribution in [0.5, 0.6) is 0 Å². The van der Waals surface area contributed by atoms with Crippen molar-refractivity contribution in [2.24, 2.45) is 0 Å². The van der Waals surface area contributed by atoms with Crippen molar-refractivity contribution in [2.75, 3.05) is 0 Å². The highest BCUT2D eigenvalue weighted by atomic mass is 19.4. The van der Waals surface area contributed by atoms with E-state index in [4.69, 9.17) is 4.42 Å². The average Bonchev–Trinajstić information content (AvgIpc) is 3.19. The smallest absolute Gasteiger partial charge is 0.416 e. The molecule has 0 saturated heterocycles. The van der Waals surface area contributed by atoms with E-state index in [9.17, 15) is 13.2 Å². The minimum Gasteiger partial charge on any atom is -0.463 e. The van der Waals surface area contributed by atoms with Crippen molar-refractivity contribution in [1.82, 2.24) is 9.55 Å². The second-order valence-corrected chi connectivity index (χ2v) is 5.40. The van der Waals surface area contributed by atoms with Gasteiger partial charge in [0.15, 0.2) is 11.6 Å². The second-order valence-electron chi connectivity index (χ2n) is 5.40. The van der Waals surface area contributed by atoms with E-state index in [2.05, 4.69) is 4.98 Å². The zero-order valence-corrected chi connectivity index (χ0v) is 12.8. The Morgan fingerprint density at radius 2 is 1.92 bits per heavy atom. The first kappa shape index (κ1) is 16.3. The Kier molecular flexibility index (Phi) is 4.71. The van der Waals surface area contributed by atoms with Crippen molar-refractivity contribution in [3.05, 3.63) is 77.8 Å². The van der Waals surface area contributed by atoms with Gasteiger partial charge >= 0.3 is 6.18 Å². The number of hydrogen-bond donors (Lipinski definition) is 1. The summed E-state index contributed by atoms with van der Waals surface area (Å²) in [4.78, 5) is 4.24. The molecule has 1 aromatic carbocycles. The second kappa shape index (κ2) is 6.92. The molecular weight excluding hydrogens is 319 g/mol. The van der Waals surface area contributed by atoms with Gasteiger partial charge in [0.05, 0.1) is 11.8 Å². The Balaban J connectivity index is 1.70. The van der Waals surface area contributed by atoms with Crippen LogP contribution >= 0.6 is 0 Å². The Morgan fingerprint density at radius 1 is 1.08 bits per heavy atom. The van der Waals surface area contributed by atoms with Gasteiger partial charge in [0.2, 0.25) is 0 Å². The summed E-state index contributed by atoms with van der Waals surface area (Å²) in [5, 5.41) is 1.99. The Hall–Kier alpha value is -2.54. The molecule has 0 saturated carbocycles. The summed E-state index contributed by atoms with van der Waals surface area (Å²) in [5.41, 5.74) is -0.375. The third-order valence-electron chi connectivity index (χ3n) is 3.72. The number of alkyl halides is 3. The van der Waals surface area contributed by atoms with Crippen LogP contribution < -0.4 is 5.32 Å². The molecule has 0 radical (unpaired) electrons. The lowest BCUT2D eigenvalue weighted by molar-refractivity contribution is -0.689. The molecule has 0 amide bonds. The van der Waals surface area contributed by atoms with Gasteiger partial charge in [0.25, 0.3) is 0 Å². The van der Waals surface area contributed by atoms with Gasteiger partial charge in [-0.25, -0.2) is 4.98 Å². The van der Waals surface area contributed by atoms with E-state index >= 15 is 0 Å². The molecule has 7 heteroatoms. The van der Waals surface area contributed by atoms with Crippen molar-refractivity contribution in [3.8, 4) is 0 Å². The molecule has 2 heterocycles. The molecule has 0 aliphatic carbocycles. The number of quaternary nitrogens is 1. The minimum atomic E-state index is -4.36. The fourth-order valence-corrected chi connectivity index (χ4v) is 2.56. The van der Waals surface area contributed by atoms with Gasteiger partial charge in [-0.2, -0.15) is 13.2 Å². The van der Waals surface area contributed by atoms with Crippen LogP contribution in [-0.2, 0) is 25.8 Å². The number of nitrogens with zero attached hydrogens (tertiary/aromatic N) is 2. The zero-order chi connectivity index (χ0) is 17.0. The minimum absolute atomic E-state index is 0.139. The Bertz CT molecular complexity index is 778. The maximum absolute atomic E-state index is 13.1. The number of benzene rings is 1. The van der Waals surface area contributed by atoms with Gasteiger partial charge in [-0.15, -0.1) is 0 Å². The zero-order valence-electron chi connectivity index (χ0n) is 12.8. The van der Waals surface area contributed by atoms with Gasteiger partial charge in [-0.3, -0.25) is 0 Å². The van der Waals surface area contributed by atoms with Crippen LogP contribution in [0.3, 0.4) is 0 Å². The Labute approximate surface area is 136 Å². The summed E-state index contributed by atoms with van der Waals surface area (Å²) < 4.78 is 46.3. The number of hydrogen-bond acceptors (Lipinski definition) is 2. The molecule has 0 fully saturated rings. The lowest BCUT2D eigenvalue weighted by Crippen LogP contribution is -2.81. The first-order valence-electron chi connectivity index (χ1n) is 7.53. The maximum Gasteiger partial charge on any atom is 0.416 e. The third kappa shape index (κ3) is 3.86. The molecule has 0 atom stereocenters. The number of aromatic nitrogens is 2. The van der Waals surface area contributed by atoms with E-state index in [1.165, 1.54) is 12.1 Å². The molecule has 0 unspecified atom stereocenters. The molecule has 24 heavy (non-hydrogen) atoms. The van der Waals surface area contributed by atoms with Crippen LogP contribution in [0.4, 0.5) is 13.2 Å². The van der Waals surface area contributed by atoms with Crippen LogP contribution in [0.25, 0.3) is 0 Å². The van der Waals surface area contributed by atoms with E-state index in [1.807, 2.05) is 17.4 Å². The molecular formula is C17H17F3N3O+. The summed E-state index contributed by atoms with van der Waals surface area (Å²) in [6.45, 7) is 1.35. The van der Waals surface area contributed by atoms with Crippen molar-refractivity contribution >= 4 is 0 Å². The highest BCUT2D eigenvalue weighted by molar-refractivity contribution is 5.30. The molecule has 0 aliphatic heterocycles. The molecule has 4 nitrogen and oxygen atoms in total. The van der Waals surface area contributed by atoms with Crippen molar-refractivity contribution in [2.45, 2.75) is 25.8 Å². The van der Waals surface area contributed by atoms with E-state index < -0.39 is 11.7 Å². The standard InChI is InChI=1S/C17H16F3N3O/c18-17(19,20)15-6-2-1-4-13(15)12-23-8-7-22-16(23)11-21-10-14-5-3-9-24-14/h1-9,21H,10-12H2/p+1. The molecule has 0 bridgehead atoms. The van der Waals surface area contributed by atoms with Gasteiger partial charge < -0.3 is 14.3 Å². The van der Waals surface area contributed by atoms with Gasteiger partial charge in [-0.05, 0) is 23.8 Å². The van der Waals surface area contributed by atoms with Gasteiger partial charge in [0.1, 0.15) is 13.1 Å². The van der Waals surface area contributed by atoms with E-state index in [1.54, 1.807) is 29.3 Å². The predicted octanol–water partition coefficient (Wildman–Crippen LogP) is 2.81. The Morgan fingerprint density at radius 3 is 2.67 bits per heavy atom. The first-order valence-corrected chi connectivity index (χ1v) is 7.53.